The van der Waals surface area contributed by atoms with Crippen LogP contribution in [-0.4, -0.2) is 75.9 Å². The largest absolute Gasteiger partial charge is 0.507 e. The third-order valence-electron chi connectivity index (χ3n) is 5.44. The van der Waals surface area contributed by atoms with Gasteiger partial charge in [0.25, 0.3) is 0 Å². The minimum atomic E-state index is -1.54. The van der Waals surface area contributed by atoms with Crippen molar-refractivity contribution in [2.24, 2.45) is 5.41 Å². The number of hydrogen-bond donors (Lipinski definition) is 5. The molecule has 2 saturated heterocycles. The number of nitrogens with one attached hydrogen (secondary N) is 1. The molecule has 0 unspecified atom stereocenters. The van der Waals surface area contributed by atoms with Crippen LogP contribution in [0.5, 0.6) is 11.5 Å². The molecule has 158 valence electrons. The zero-order valence-corrected chi connectivity index (χ0v) is 16.6. The van der Waals surface area contributed by atoms with Crippen LogP contribution in [0.25, 0.3) is 0 Å². The summed E-state index contributed by atoms with van der Waals surface area (Å²) in [5, 5.41) is 40.9. The van der Waals surface area contributed by atoms with Gasteiger partial charge in [-0.1, -0.05) is 19.9 Å². The number of carbonyl (C=O) groups is 2. The van der Waals surface area contributed by atoms with Crippen LogP contribution in [-0.2, 0) is 11.2 Å². The Balaban J connectivity index is 1.62. The molecule has 10 heteroatoms. The van der Waals surface area contributed by atoms with Gasteiger partial charge in [-0.3, -0.25) is 4.79 Å². The molecule has 2 aliphatic heterocycles. The second-order valence-electron chi connectivity index (χ2n) is 8.56. The van der Waals surface area contributed by atoms with Gasteiger partial charge in [-0.25, -0.2) is 4.79 Å². The standard InChI is InChI=1S/C19H27BN2O7/c1-19(2)7-13(21-10-19)17(24)22-8-12(9-22)29-14-4-3-11(5-6-20(27)28)16(23)15(14)18(25)26/h3-4,12-13,21,23,27-28H,5-10H2,1-2H3,(H,25,26)/t13-/m0/s1. The number of ether oxygens (including phenoxy) is 1. The summed E-state index contributed by atoms with van der Waals surface area (Å²) in [5.41, 5.74) is 0.0186. The summed E-state index contributed by atoms with van der Waals surface area (Å²) in [7, 11) is -1.54. The predicted molar refractivity (Wildman–Crippen MR) is 105 cm³/mol. The number of nitrogens with zero attached hydrogens (tertiary/aromatic N) is 1. The first-order valence-corrected chi connectivity index (χ1v) is 9.70. The van der Waals surface area contributed by atoms with Gasteiger partial charge in [-0.15, -0.1) is 0 Å². The van der Waals surface area contributed by atoms with E-state index in [1.807, 2.05) is 0 Å². The second-order valence-corrected chi connectivity index (χ2v) is 8.56. The zero-order chi connectivity index (χ0) is 21.3. The van der Waals surface area contributed by atoms with Crippen molar-refractivity contribution in [3.05, 3.63) is 23.3 Å². The molecule has 2 fully saturated rings. The average Bonchev–Trinajstić information content (AvgIpc) is 2.95. The summed E-state index contributed by atoms with van der Waals surface area (Å²) in [6, 6.07) is 2.75. The number of amides is 1. The molecule has 29 heavy (non-hydrogen) atoms. The Labute approximate surface area is 169 Å². The molecule has 1 atom stereocenters. The van der Waals surface area contributed by atoms with Crippen molar-refractivity contribution >= 4 is 19.0 Å². The van der Waals surface area contributed by atoms with Gasteiger partial charge in [0.15, 0.2) is 0 Å². The van der Waals surface area contributed by atoms with Crippen LogP contribution in [0.2, 0.25) is 6.32 Å². The number of aromatic carboxylic acids is 1. The van der Waals surface area contributed by atoms with Crippen molar-refractivity contribution in [2.45, 2.75) is 45.2 Å². The van der Waals surface area contributed by atoms with E-state index in [0.717, 1.165) is 13.0 Å². The SMILES string of the molecule is CC1(C)CN[C@H](C(=O)N2CC(Oc3ccc(CCB(O)O)c(O)c3C(=O)O)C2)C1. The summed E-state index contributed by atoms with van der Waals surface area (Å²) >= 11 is 0. The topological polar surface area (TPSA) is 140 Å². The monoisotopic (exact) mass is 406 g/mol. The van der Waals surface area contributed by atoms with Crippen LogP contribution < -0.4 is 10.1 Å². The first kappa shape index (κ1) is 21.4. The number of carboxylic acids is 1. The highest BCUT2D eigenvalue weighted by molar-refractivity contribution is 6.41. The summed E-state index contributed by atoms with van der Waals surface area (Å²) in [5.74, 6) is -1.73. The minimum Gasteiger partial charge on any atom is -0.507 e. The highest BCUT2D eigenvalue weighted by atomic mass is 16.5. The number of phenols is 1. The third kappa shape index (κ3) is 4.83. The molecule has 5 N–H and O–H groups in total. The van der Waals surface area contributed by atoms with E-state index in [4.69, 9.17) is 14.8 Å². The number of likely N-dealkylation sites (tertiary alicyclic amines) is 1. The van der Waals surface area contributed by atoms with E-state index in [1.165, 1.54) is 12.1 Å². The Morgan fingerprint density at radius 3 is 2.55 bits per heavy atom. The second kappa shape index (κ2) is 8.21. The van der Waals surface area contributed by atoms with Gasteiger partial charge >= 0.3 is 13.1 Å². The number of aromatic hydroxyl groups is 1. The van der Waals surface area contributed by atoms with Gasteiger partial charge in [-0.2, -0.15) is 0 Å². The molecule has 0 saturated carbocycles. The molecule has 0 bridgehead atoms. The summed E-state index contributed by atoms with van der Waals surface area (Å²) in [4.78, 5) is 25.8. The van der Waals surface area contributed by atoms with Crippen molar-refractivity contribution in [3.8, 4) is 11.5 Å². The number of hydrogen-bond acceptors (Lipinski definition) is 7. The Morgan fingerprint density at radius 2 is 2.00 bits per heavy atom. The molecular formula is C19H27BN2O7. The van der Waals surface area contributed by atoms with Crippen molar-refractivity contribution in [3.63, 3.8) is 0 Å². The van der Waals surface area contributed by atoms with Crippen molar-refractivity contribution in [1.29, 1.82) is 0 Å². The Hall–Kier alpha value is -2.30. The smallest absolute Gasteiger partial charge is 0.451 e. The summed E-state index contributed by atoms with van der Waals surface area (Å²) in [6.07, 6.45) is 0.504. The van der Waals surface area contributed by atoms with Crippen LogP contribution >= 0.6 is 0 Å². The summed E-state index contributed by atoms with van der Waals surface area (Å²) < 4.78 is 5.73. The van der Waals surface area contributed by atoms with Gasteiger partial charge in [0, 0.05) is 6.54 Å². The quantitative estimate of drug-likeness (QED) is 0.402. The van der Waals surface area contributed by atoms with Crippen LogP contribution in [0, 0.1) is 5.41 Å². The van der Waals surface area contributed by atoms with Crippen LogP contribution in [0.15, 0.2) is 12.1 Å². The minimum absolute atomic E-state index is 0.0228. The maximum atomic E-state index is 12.5. The van der Waals surface area contributed by atoms with E-state index in [0.29, 0.717) is 18.7 Å². The molecule has 2 aliphatic rings. The van der Waals surface area contributed by atoms with E-state index in [9.17, 15) is 19.8 Å². The fourth-order valence-corrected chi connectivity index (χ4v) is 3.77. The van der Waals surface area contributed by atoms with Crippen molar-refractivity contribution in [2.75, 3.05) is 19.6 Å². The van der Waals surface area contributed by atoms with Gasteiger partial charge in [-0.05, 0) is 36.2 Å². The first-order valence-electron chi connectivity index (χ1n) is 9.70. The lowest BCUT2D eigenvalue weighted by atomic mass is 9.82. The molecule has 0 aromatic heterocycles. The number of carboxylic acid groups (broad SMARTS) is 1. The maximum Gasteiger partial charge on any atom is 0.451 e. The summed E-state index contributed by atoms with van der Waals surface area (Å²) in [6.45, 7) is 5.73. The normalized spacial score (nSPS) is 21.0. The van der Waals surface area contributed by atoms with E-state index >= 15 is 0 Å². The molecule has 9 nitrogen and oxygen atoms in total. The Kier molecular flexibility index (Phi) is 6.07. The van der Waals surface area contributed by atoms with Gasteiger partial charge in [0.1, 0.15) is 23.2 Å². The molecule has 1 aromatic carbocycles. The Bertz CT molecular complexity index is 793. The average molecular weight is 406 g/mol. The molecular weight excluding hydrogens is 379 g/mol. The lowest BCUT2D eigenvalue weighted by Gasteiger charge is -2.40. The lowest BCUT2D eigenvalue weighted by molar-refractivity contribution is -0.142. The van der Waals surface area contributed by atoms with Gasteiger partial charge in [0.2, 0.25) is 5.91 Å². The van der Waals surface area contributed by atoms with Crippen molar-refractivity contribution < 1.29 is 34.6 Å². The van der Waals surface area contributed by atoms with E-state index in [2.05, 4.69) is 19.2 Å². The molecule has 1 aromatic rings. The highest BCUT2D eigenvalue weighted by Gasteiger charge is 2.41. The molecule has 1 amide bonds. The first-order chi connectivity index (χ1) is 13.6. The van der Waals surface area contributed by atoms with Crippen LogP contribution in [0.1, 0.15) is 36.2 Å². The number of carbonyl (C=O) groups excluding carboxylic acids is 1. The zero-order valence-electron chi connectivity index (χ0n) is 16.6. The Morgan fingerprint density at radius 1 is 1.31 bits per heavy atom. The van der Waals surface area contributed by atoms with Gasteiger partial charge in [0.05, 0.1) is 19.1 Å². The molecule has 3 rings (SSSR count). The predicted octanol–water partition coefficient (Wildman–Crippen LogP) is 0.0834. The molecule has 0 aliphatic carbocycles. The van der Waals surface area contributed by atoms with E-state index < -0.39 is 18.8 Å². The molecule has 0 radical (unpaired) electrons. The van der Waals surface area contributed by atoms with Crippen molar-refractivity contribution in [1.82, 2.24) is 10.2 Å². The van der Waals surface area contributed by atoms with Crippen LogP contribution in [0.3, 0.4) is 0 Å². The van der Waals surface area contributed by atoms with Crippen LogP contribution in [0.4, 0.5) is 0 Å². The molecule has 0 spiro atoms. The fourth-order valence-electron chi connectivity index (χ4n) is 3.77. The fraction of sp³-hybridized carbons (Fsp3) is 0.579. The molecule has 2 heterocycles. The lowest BCUT2D eigenvalue weighted by Crippen LogP contribution is -2.59. The van der Waals surface area contributed by atoms with E-state index in [-0.39, 0.29) is 47.5 Å². The number of benzene rings is 1. The third-order valence-corrected chi connectivity index (χ3v) is 5.44. The number of aryl methyl sites for hydroxylation is 1. The number of rotatable bonds is 7. The van der Waals surface area contributed by atoms with E-state index in [1.54, 1.807) is 4.90 Å². The van der Waals surface area contributed by atoms with Gasteiger partial charge < -0.3 is 35.2 Å². The highest BCUT2D eigenvalue weighted by Crippen LogP contribution is 2.34. The maximum absolute atomic E-state index is 12.5.